The van der Waals surface area contributed by atoms with Crippen molar-refractivity contribution in [1.82, 2.24) is 30.5 Å². The van der Waals surface area contributed by atoms with Crippen LogP contribution in [-0.2, 0) is 17.8 Å². The van der Waals surface area contributed by atoms with Crippen LogP contribution in [0.15, 0.2) is 29.1 Å². The smallest absolute Gasteiger partial charge is 0.267 e. The van der Waals surface area contributed by atoms with E-state index in [0.29, 0.717) is 24.3 Å². The summed E-state index contributed by atoms with van der Waals surface area (Å²) in [6, 6.07) is 7.11. The van der Waals surface area contributed by atoms with Gasteiger partial charge in [-0.3, -0.25) is 9.59 Å². The molecule has 29 heavy (non-hydrogen) atoms. The Kier molecular flexibility index (Phi) is 4.59. The van der Waals surface area contributed by atoms with Crippen LogP contribution in [0.3, 0.4) is 0 Å². The molecular formula is C20H22N6O3. The number of aromatic amines is 1. The Bertz CT molecular complexity index is 1110. The molecule has 3 aromatic rings. The molecule has 2 aliphatic rings. The minimum Gasteiger partial charge on any atom is -0.376 e. The number of nitrogens with zero attached hydrogens (tertiary/aromatic N) is 4. The summed E-state index contributed by atoms with van der Waals surface area (Å²) in [6.45, 7) is 1.12. The lowest BCUT2D eigenvalue weighted by molar-refractivity contribution is 0.0920. The maximum absolute atomic E-state index is 12.6. The van der Waals surface area contributed by atoms with Crippen molar-refractivity contribution in [2.75, 3.05) is 6.61 Å². The first-order valence-corrected chi connectivity index (χ1v) is 9.98. The molecule has 0 atom stereocenters. The molecule has 0 unspecified atom stereocenters. The Labute approximate surface area is 166 Å². The monoisotopic (exact) mass is 394 g/mol. The molecule has 0 radical (unpaired) electrons. The van der Waals surface area contributed by atoms with E-state index in [9.17, 15) is 9.59 Å². The molecule has 0 spiro atoms. The molecule has 1 fully saturated rings. The molecule has 150 valence electrons. The Morgan fingerprint density at radius 3 is 2.83 bits per heavy atom. The van der Waals surface area contributed by atoms with Gasteiger partial charge in [0.1, 0.15) is 11.0 Å². The van der Waals surface area contributed by atoms with E-state index in [-0.39, 0.29) is 23.6 Å². The zero-order chi connectivity index (χ0) is 19.8. The highest BCUT2D eigenvalue weighted by atomic mass is 16.5. The zero-order valence-electron chi connectivity index (χ0n) is 15.9. The van der Waals surface area contributed by atoms with E-state index in [4.69, 9.17) is 4.74 Å². The third kappa shape index (κ3) is 3.53. The highest BCUT2D eigenvalue weighted by Gasteiger charge is 2.26. The van der Waals surface area contributed by atoms with Crippen LogP contribution < -0.4 is 10.9 Å². The summed E-state index contributed by atoms with van der Waals surface area (Å²) in [5.74, 6) is -0.109. The van der Waals surface area contributed by atoms with Gasteiger partial charge in [0.25, 0.3) is 11.5 Å². The second kappa shape index (κ2) is 7.40. The summed E-state index contributed by atoms with van der Waals surface area (Å²) in [6.07, 6.45) is 4.01. The van der Waals surface area contributed by atoms with Gasteiger partial charge in [-0.2, -0.15) is 20.5 Å². The first-order chi connectivity index (χ1) is 14.2. The summed E-state index contributed by atoms with van der Waals surface area (Å²) >= 11 is 0. The van der Waals surface area contributed by atoms with Crippen molar-refractivity contribution in [3.05, 3.63) is 51.4 Å². The van der Waals surface area contributed by atoms with Crippen molar-refractivity contribution in [2.24, 2.45) is 0 Å². The number of hydrogen-bond acceptors (Lipinski definition) is 6. The van der Waals surface area contributed by atoms with Gasteiger partial charge in [-0.25, -0.2) is 4.68 Å². The molecule has 1 aliphatic heterocycles. The van der Waals surface area contributed by atoms with Gasteiger partial charge in [-0.1, -0.05) is 0 Å². The van der Waals surface area contributed by atoms with Crippen LogP contribution in [-0.4, -0.2) is 43.7 Å². The number of carbonyl (C=O) groups is 1. The molecule has 0 saturated heterocycles. The summed E-state index contributed by atoms with van der Waals surface area (Å²) in [5, 5.41) is 18.3. The largest absolute Gasteiger partial charge is 0.376 e. The van der Waals surface area contributed by atoms with E-state index >= 15 is 0 Å². The predicted octanol–water partition coefficient (Wildman–Crippen LogP) is 1.50. The van der Waals surface area contributed by atoms with Crippen molar-refractivity contribution in [3.63, 3.8) is 0 Å². The molecule has 1 saturated carbocycles. The number of carbonyl (C=O) groups excluding carboxylic acids is 1. The fourth-order valence-corrected chi connectivity index (χ4v) is 4.21. The second-order valence-electron chi connectivity index (χ2n) is 7.71. The Morgan fingerprint density at radius 2 is 1.97 bits per heavy atom. The number of rotatable bonds is 3. The summed E-state index contributed by atoms with van der Waals surface area (Å²) in [5.41, 5.74) is 3.78. The predicted molar refractivity (Wildman–Crippen MR) is 105 cm³/mol. The minimum absolute atomic E-state index is 0.0670. The highest BCUT2D eigenvalue weighted by molar-refractivity contribution is 5.97. The number of hydrogen-bond donors (Lipinski definition) is 2. The van der Waals surface area contributed by atoms with Crippen molar-refractivity contribution in [1.29, 1.82) is 0 Å². The lowest BCUT2D eigenvalue weighted by atomic mass is 9.91. The molecule has 5 rings (SSSR count). The minimum atomic E-state index is -0.109. The first-order valence-electron chi connectivity index (χ1n) is 9.98. The fourth-order valence-electron chi connectivity index (χ4n) is 4.21. The quantitative estimate of drug-likeness (QED) is 0.696. The van der Waals surface area contributed by atoms with Crippen LogP contribution in [0, 0.1) is 0 Å². The molecular weight excluding hydrogens is 372 g/mol. The van der Waals surface area contributed by atoms with Crippen LogP contribution in [0.1, 0.15) is 53.3 Å². The molecule has 0 bridgehead atoms. The van der Waals surface area contributed by atoms with Crippen molar-refractivity contribution < 1.29 is 9.53 Å². The van der Waals surface area contributed by atoms with Gasteiger partial charge in [0.05, 0.1) is 24.9 Å². The maximum atomic E-state index is 12.6. The van der Waals surface area contributed by atoms with E-state index in [1.807, 2.05) is 0 Å². The standard InChI is InChI=1S/C20H22N6O3/c27-19-10-13-11-29-8-7-16(13)24-26(19)15-4-2-14(3-5-15)21-20(28)12-1-6-17-18(9-12)23-25-22-17/h1,6,9-10,14-15H,2-5,7-8,11H2,(H,21,28)(H,22,23,25). The Balaban J connectivity index is 1.23. The summed E-state index contributed by atoms with van der Waals surface area (Å²) < 4.78 is 7.04. The number of amides is 1. The van der Waals surface area contributed by atoms with E-state index in [1.165, 1.54) is 0 Å². The lowest BCUT2D eigenvalue weighted by Crippen LogP contribution is -2.40. The number of fused-ring (bicyclic) bond motifs is 2. The molecule has 1 aromatic carbocycles. The topological polar surface area (TPSA) is 115 Å². The first kappa shape index (κ1) is 18.0. The van der Waals surface area contributed by atoms with Gasteiger partial charge in [0, 0.05) is 29.7 Å². The number of benzene rings is 1. The van der Waals surface area contributed by atoms with Crippen molar-refractivity contribution >= 4 is 16.9 Å². The van der Waals surface area contributed by atoms with Gasteiger partial charge in [-0.05, 0) is 43.9 Å². The maximum Gasteiger partial charge on any atom is 0.267 e. The van der Waals surface area contributed by atoms with Gasteiger partial charge < -0.3 is 10.1 Å². The molecule has 2 aromatic heterocycles. The molecule has 9 nitrogen and oxygen atoms in total. The normalized spacial score (nSPS) is 21.7. The van der Waals surface area contributed by atoms with Crippen LogP contribution in [0.4, 0.5) is 0 Å². The van der Waals surface area contributed by atoms with Crippen LogP contribution in [0.25, 0.3) is 11.0 Å². The molecule has 3 heterocycles. The summed E-state index contributed by atoms with van der Waals surface area (Å²) in [7, 11) is 0. The van der Waals surface area contributed by atoms with Gasteiger partial charge in [-0.15, -0.1) is 0 Å². The molecule has 1 aliphatic carbocycles. The molecule has 1 amide bonds. The van der Waals surface area contributed by atoms with Crippen molar-refractivity contribution in [3.8, 4) is 0 Å². The highest BCUT2D eigenvalue weighted by Crippen LogP contribution is 2.28. The Hall–Kier alpha value is -3.07. The zero-order valence-corrected chi connectivity index (χ0v) is 15.9. The van der Waals surface area contributed by atoms with Crippen molar-refractivity contribution in [2.45, 2.75) is 50.8 Å². The van der Waals surface area contributed by atoms with Gasteiger partial charge in [0.2, 0.25) is 0 Å². The fraction of sp³-hybridized carbons (Fsp3) is 0.450. The number of nitrogens with one attached hydrogen (secondary N) is 2. The average Bonchev–Trinajstić information content (AvgIpc) is 3.22. The van der Waals surface area contributed by atoms with E-state index in [2.05, 4.69) is 25.8 Å². The molecule has 9 heteroatoms. The van der Waals surface area contributed by atoms with E-state index < -0.39 is 0 Å². The number of ether oxygens (including phenoxy) is 1. The van der Waals surface area contributed by atoms with Crippen LogP contribution >= 0.6 is 0 Å². The van der Waals surface area contributed by atoms with Crippen LogP contribution in [0.2, 0.25) is 0 Å². The SMILES string of the molecule is O=C(NC1CCC(n2nc3c(cc2=O)COCC3)CC1)c1ccc2n[nH]nc2c1. The molecule has 2 N–H and O–H groups in total. The van der Waals surface area contributed by atoms with Crippen LogP contribution in [0.5, 0.6) is 0 Å². The second-order valence-corrected chi connectivity index (χ2v) is 7.71. The van der Waals surface area contributed by atoms with Gasteiger partial charge in [0.15, 0.2) is 0 Å². The lowest BCUT2D eigenvalue weighted by Gasteiger charge is -2.30. The van der Waals surface area contributed by atoms with E-state index in [1.54, 1.807) is 28.9 Å². The third-order valence-corrected chi connectivity index (χ3v) is 5.82. The number of aromatic nitrogens is 5. The number of H-pyrrole nitrogens is 1. The van der Waals surface area contributed by atoms with E-state index in [0.717, 1.165) is 48.9 Å². The summed E-state index contributed by atoms with van der Waals surface area (Å²) in [4.78, 5) is 25.1. The Morgan fingerprint density at radius 1 is 1.14 bits per heavy atom. The third-order valence-electron chi connectivity index (χ3n) is 5.82. The average molecular weight is 394 g/mol. The van der Waals surface area contributed by atoms with Gasteiger partial charge >= 0.3 is 0 Å².